The van der Waals surface area contributed by atoms with Crippen molar-refractivity contribution in [1.29, 1.82) is 0 Å². The van der Waals surface area contributed by atoms with Crippen molar-refractivity contribution < 1.29 is 9.53 Å². The molecule has 0 radical (unpaired) electrons. The number of hydrogen-bond acceptors (Lipinski definition) is 4. The van der Waals surface area contributed by atoms with Crippen molar-refractivity contribution in [3.05, 3.63) is 69.2 Å². The van der Waals surface area contributed by atoms with E-state index in [2.05, 4.69) is 4.98 Å². The standard InChI is InChI=1S/C18H15ClN2O3/c1-3-24-18(23)16-20-15-7-5-4-6-13(15)17(22)21(16)12-9-8-11(2)14(19)10-12/h4-10H,3H2,1-2H3. The minimum Gasteiger partial charge on any atom is -0.460 e. The molecule has 1 heterocycles. The number of rotatable bonds is 3. The number of carbonyl (C=O) groups excluding carboxylic acids is 1. The van der Waals surface area contributed by atoms with Crippen LogP contribution in [0.5, 0.6) is 0 Å². The first-order valence-electron chi connectivity index (χ1n) is 7.48. The second-order valence-electron chi connectivity index (χ2n) is 5.25. The summed E-state index contributed by atoms with van der Waals surface area (Å²) in [5.74, 6) is -0.725. The number of carbonyl (C=O) groups is 1. The molecule has 0 bridgehead atoms. The number of para-hydroxylation sites is 1. The highest BCUT2D eigenvalue weighted by Crippen LogP contribution is 2.20. The maximum absolute atomic E-state index is 12.9. The quantitative estimate of drug-likeness (QED) is 0.683. The zero-order valence-electron chi connectivity index (χ0n) is 13.2. The third kappa shape index (κ3) is 2.78. The molecule has 2 aromatic carbocycles. The van der Waals surface area contributed by atoms with E-state index in [0.29, 0.717) is 21.6 Å². The molecule has 1 aromatic heterocycles. The highest BCUT2D eigenvalue weighted by atomic mass is 35.5. The lowest BCUT2D eigenvalue weighted by atomic mass is 10.2. The molecule has 0 amide bonds. The molecular formula is C18H15ClN2O3. The van der Waals surface area contributed by atoms with E-state index in [9.17, 15) is 9.59 Å². The molecule has 3 aromatic rings. The molecule has 0 aliphatic carbocycles. The lowest BCUT2D eigenvalue weighted by Crippen LogP contribution is -2.27. The Morgan fingerprint density at radius 1 is 1.25 bits per heavy atom. The van der Waals surface area contributed by atoms with Crippen LogP contribution in [0.4, 0.5) is 0 Å². The van der Waals surface area contributed by atoms with Crippen molar-refractivity contribution in [1.82, 2.24) is 9.55 Å². The Morgan fingerprint density at radius 2 is 2.00 bits per heavy atom. The molecule has 0 aliphatic rings. The minimum absolute atomic E-state index is 0.0690. The highest BCUT2D eigenvalue weighted by molar-refractivity contribution is 6.31. The fourth-order valence-corrected chi connectivity index (χ4v) is 2.60. The van der Waals surface area contributed by atoms with Gasteiger partial charge in [-0.25, -0.2) is 9.78 Å². The normalized spacial score (nSPS) is 10.8. The van der Waals surface area contributed by atoms with Crippen LogP contribution in [0.25, 0.3) is 16.6 Å². The van der Waals surface area contributed by atoms with Crippen LogP contribution in [0.3, 0.4) is 0 Å². The predicted octanol–water partition coefficient (Wildman–Crippen LogP) is 3.52. The van der Waals surface area contributed by atoms with Gasteiger partial charge in [-0.15, -0.1) is 0 Å². The Kier molecular flexibility index (Phi) is 4.36. The number of aromatic nitrogens is 2. The molecule has 0 N–H and O–H groups in total. The molecule has 0 atom stereocenters. The summed E-state index contributed by atoms with van der Waals surface area (Å²) in [5.41, 5.74) is 1.44. The van der Waals surface area contributed by atoms with E-state index in [0.717, 1.165) is 5.56 Å². The number of aryl methyl sites for hydroxylation is 1. The maximum atomic E-state index is 12.9. The first kappa shape index (κ1) is 16.2. The topological polar surface area (TPSA) is 61.2 Å². The van der Waals surface area contributed by atoms with E-state index in [4.69, 9.17) is 16.3 Å². The third-order valence-electron chi connectivity index (χ3n) is 3.65. The van der Waals surface area contributed by atoms with E-state index in [1.54, 1.807) is 49.4 Å². The zero-order chi connectivity index (χ0) is 17.3. The van der Waals surface area contributed by atoms with Gasteiger partial charge in [0.05, 0.1) is 23.2 Å². The summed E-state index contributed by atoms with van der Waals surface area (Å²) in [6.45, 7) is 3.75. The molecular weight excluding hydrogens is 328 g/mol. The molecule has 0 fully saturated rings. The van der Waals surface area contributed by atoms with Gasteiger partial charge in [-0.1, -0.05) is 29.8 Å². The molecule has 0 saturated carbocycles. The summed E-state index contributed by atoms with van der Waals surface area (Å²) in [6, 6.07) is 12.0. The Bertz CT molecular complexity index is 995. The SMILES string of the molecule is CCOC(=O)c1nc2ccccc2c(=O)n1-c1ccc(C)c(Cl)c1. The predicted molar refractivity (Wildman–Crippen MR) is 93.0 cm³/mol. The summed E-state index contributed by atoms with van der Waals surface area (Å²) in [4.78, 5) is 29.6. The Labute approximate surface area is 143 Å². The number of halogens is 1. The number of fused-ring (bicyclic) bond motifs is 1. The van der Waals surface area contributed by atoms with Gasteiger partial charge in [-0.2, -0.15) is 0 Å². The summed E-state index contributed by atoms with van der Waals surface area (Å²) < 4.78 is 6.30. The van der Waals surface area contributed by atoms with Crippen LogP contribution >= 0.6 is 11.6 Å². The molecule has 6 heteroatoms. The van der Waals surface area contributed by atoms with Gasteiger partial charge in [0.15, 0.2) is 0 Å². The summed E-state index contributed by atoms with van der Waals surface area (Å²) in [7, 11) is 0. The van der Waals surface area contributed by atoms with Crippen LogP contribution in [0.2, 0.25) is 5.02 Å². The molecule has 3 rings (SSSR count). The number of hydrogen-bond donors (Lipinski definition) is 0. The molecule has 0 aliphatic heterocycles. The van der Waals surface area contributed by atoms with E-state index >= 15 is 0 Å². The average molecular weight is 343 g/mol. The van der Waals surface area contributed by atoms with Gasteiger partial charge in [0.2, 0.25) is 5.82 Å². The zero-order valence-corrected chi connectivity index (χ0v) is 14.0. The van der Waals surface area contributed by atoms with E-state index in [1.165, 1.54) is 4.57 Å². The van der Waals surface area contributed by atoms with Gasteiger partial charge in [-0.05, 0) is 43.7 Å². The fraction of sp³-hybridized carbons (Fsp3) is 0.167. The average Bonchev–Trinajstić information content (AvgIpc) is 2.58. The second-order valence-corrected chi connectivity index (χ2v) is 5.65. The lowest BCUT2D eigenvalue weighted by Gasteiger charge is -2.13. The second kappa shape index (κ2) is 6.45. The highest BCUT2D eigenvalue weighted by Gasteiger charge is 2.20. The van der Waals surface area contributed by atoms with Gasteiger partial charge in [0.25, 0.3) is 5.56 Å². The number of esters is 1. The Morgan fingerprint density at radius 3 is 2.71 bits per heavy atom. The third-order valence-corrected chi connectivity index (χ3v) is 4.05. The Balaban J connectivity index is 2.36. The van der Waals surface area contributed by atoms with Crippen LogP contribution in [0.15, 0.2) is 47.3 Å². The summed E-state index contributed by atoms with van der Waals surface area (Å²) >= 11 is 6.18. The minimum atomic E-state index is -0.656. The van der Waals surface area contributed by atoms with Gasteiger partial charge in [-0.3, -0.25) is 9.36 Å². The van der Waals surface area contributed by atoms with Crippen molar-refractivity contribution in [2.45, 2.75) is 13.8 Å². The number of ether oxygens (including phenoxy) is 1. The number of nitrogens with zero attached hydrogens (tertiary/aromatic N) is 2. The van der Waals surface area contributed by atoms with Crippen molar-refractivity contribution in [2.24, 2.45) is 0 Å². The van der Waals surface area contributed by atoms with Crippen LogP contribution < -0.4 is 5.56 Å². The Hall–Kier alpha value is -2.66. The lowest BCUT2D eigenvalue weighted by molar-refractivity contribution is 0.0508. The van der Waals surface area contributed by atoms with Gasteiger partial charge in [0, 0.05) is 5.02 Å². The van der Waals surface area contributed by atoms with E-state index in [1.807, 2.05) is 6.92 Å². The van der Waals surface area contributed by atoms with Crippen molar-refractivity contribution in [3.8, 4) is 5.69 Å². The van der Waals surface area contributed by atoms with E-state index in [-0.39, 0.29) is 18.0 Å². The molecule has 0 saturated heterocycles. The molecule has 24 heavy (non-hydrogen) atoms. The van der Waals surface area contributed by atoms with Gasteiger partial charge < -0.3 is 4.74 Å². The monoisotopic (exact) mass is 342 g/mol. The fourth-order valence-electron chi connectivity index (χ4n) is 2.43. The smallest absolute Gasteiger partial charge is 0.375 e. The number of benzene rings is 2. The van der Waals surface area contributed by atoms with Gasteiger partial charge in [0.1, 0.15) is 0 Å². The van der Waals surface area contributed by atoms with Gasteiger partial charge >= 0.3 is 5.97 Å². The summed E-state index contributed by atoms with van der Waals surface area (Å²) in [6.07, 6.45) is 0. The first-order valence-corrected chi connectivity index (χ1v) is 7.86. The first-order chi connectivity index (χ1) is 11.5. The van der Waals surface area contributed by atoms with Crippen molar-refractivity contribution >= 4 is 28.5 Å². The molecule has 5 nitrogen and oxygen atoms in total. The maximum Gasteiger partial charge on any atom is 0.375 e. The molecule has 0 spiro atoms. The molecule has 0 unspecified atom stereocenters. The van der Waals surface area contributed by atoms with Crippen molar-refractivity contribution in [2.75, 3.05) is 6.61 Å². The van der Waals surface area contributed by atoms with Crippen LogP contribution in [-0.4, -0.2) is 22.1 Å². The van der Waals surface area contributed by atoms with E-state index < -0.39 is 5.97 Å². The largest absolute Gasteiger partial charge is 0.460 e. The molecule has 122 valence electrons. The van der Waals surface area contributed by atoms with Crippen LogP contribution in [0, 0.1) is 6.92 Å². The van der Waals surface area contributed by atoms with Crippen molar-refractivity contribution in [3.63, 3.8) is 0 Å². The van der Waals surface area contributed by atoms with Crippen LogP contribution in [-0.2, 0) is 4.74 Å². The summed E-state index contributed by atoms with van der Waals surface area (Å²) in [5, 5.41) is 0.921. The van der Waals surface area contributed by atoms with Crippen LogP contribution in [0.1, 0.15) is 23.1 Å².